The Kier molecular flexibility index (Phi) is 1.64. The fourth-order valence-corrected chi connectivity index (χ4v) is 0.980. The van der Waals surface area contributed by atoms with Gasteiger partial charge in [-0.25, -0.2) is 10.5 Å². The summed E-state index contributed by atoms with van der Waals surface area (Å²) >= 11 is 0. The van der Waals surface area contributed by atoms with Crippen molar-refractivity contribution in [2.45, 2.75) is 0 Å². The van der Waals surface area contributed by atoms with E-state index in [1.165, 1.54) is 7.11 Å². The van der Waals surface area contributed by atoms with Crippen molar-refractivity contribution in [3.63, 3.8) is 0 Å². The second kappa shape index (κ2) is 2.78. The van der Waals surface area contributed by atoms with Crippen molar-refractivity contribution in [2.75, 3.05) is 12.6 Å². The summed E-state index contributed by atoms with van der Waals surface area (Å²) in [6, 6.07) is 1.91. The fourth-order valence-electron chi connectivity index (χ4n) is 0.980. The highest BCUT2D eigenvalue weighted by Crippen LogP contribution is 2.09. The summed E-state index contributed by atoms with van der Waals surface area (Å²) in [5.41, 5.74) is 3.34. The van der Waals surface area contributed by atoms with E-state index in [2.05, 4.69) is 25.3 Å². The molecule has 0 aliphatic rings. The molecule has 5 heteroatoms. The van der Waals surface area contributed by atoms with E-state index in [-0.39, 0.29) is 0 Å². The van der Waals surface area contributed by atoms with E-state index < -0.39 is 0 Å². The van der Waals surface area contributed by atoms with E-state index in [0.717, 1.165) is 11.0 Å². The van der Waals surface area contributed by atoms with Gasteiger partial charge in [-0.05, 0) is 6.07 Å². The van der Waals surface area contributed by atoms with Crippen LogP contribution in [0.3, 0.4) is 0 Å². The standard InChI is InChI=1S/C7H8N4O/c1-12-11-7-9-4-5-2-3-8-6(5)10-7/h2-4H,1H3,(H2,8,9,10,11). The first-order chi connectivity index (χ1) is 5.90. The van der Waals surface area contributed by atoms with Gasteiger partial charge in [0, 0.05) is 17.8 Å². The van der Waals surface area contributed by atoms with Crippen LogP contribution in [-0.4, -0.2) is 22.1 Å². The largest absolute Gasteiger partial charge is 0.346 e. The summed E-state index contributed by atoms with van der Waals surface area (Å²) in [6.07, 6.45) is 3.54. The van der Waals surface area contributed by atoms with Gasteiger partial charge in [0.05, 0.1) is 7.11 Å². The quantitative estimate of drug-likeness (QED) is 0.648. The zero-order chi connectivity index (χ0) is 8.39. The van der Waals surface area contributed by atoms with Crippen LogP contribution in [0.5, 0.6) is 0 Å². The van der Waals surface area contributed by atoms with Crippen molar-refractivity contribution < 1.29 is 4.84 Å². The number of hydrogen-bond acceptors (Lipinski definition) is 4. The number of fused-ring (bicyclic) bond motifs is 1. The minimum absolute atomic E-state index is 0.451. The number of nitrogens with one attached hydrogen (secondary N) is 2. The summed E-state index contributed by atoms with van der Waals surface area (Å²) in [5.74, 6) is 0.451. The van der Waals surface area contributed by atoms with Gasteiger partial charge in [-0.2, -0.15) is 4.98 Å². The smallest absolute Gasteiger partial charge is 0.249 e. The van der Waals surface area contributed by atoms with Crippen LogP contribution >= 0.6 is 0 Å². The molecule has 0 saturated carbocycles. The van der Waals surface area contributed by atoms with E-state index >= 15 is 0 Å². The highest BCUT2D eigenvalue weighted by molar-refractivity contribution is 5.74. The maximum atomic E-state index is 4.66. The van der Waals surface area contributed by atoms with Gasteiger partial charge in [0.2, 0.25) is 5.95 Å². The van der Waals surface area contributed by atoms with Crippen LogP contribution in [-0.2, 0) is 4.84 Å². The Balaban J connectivity index is 2.46. The van der Waals surface area contributed by atoms with Crippen molar-refractivity contribution in [3.8, 4) is 0 Å². The van der Waals surface area contributed by atoms with Crippen LogP contribution in [0.25, 0.3) is 11.0 Å². The second-order valence-corrected chi connectivity index (χ2v) is 2.28. The molecule has 2 N–H and O–H groups in total. The van der Waals surface area contributed by atoms with Crippen LogP contribution in [0.1, 0.15) is 0 Å². The third kappa shape index (κ3) is 1.10. The Morgan fingerprint density at radius 2 is 2.50 bits per heavy atom. The summed E-state index contributed by atoms with van der Waals surface area (Å²) in [6.45, 7) is 0. The Hall–Kier alpha value is -1.62. The van der Waals surface area contributed by atoms with Crippen molar-refractivity contribution in [2.24, 2.45) is 0 Å². The first kappa shape index (κ1) is 7.05. The predicted molar refractivity (Wildman–Crippen MR) is 44.5 cm³/mol. The molecule has 62 valence electrons. The predicted octanol–water partition coefficient (Wildman–Crippen LogP) is 0.931. The van der Waals surface area contributed by atoms with Gasteiger partial charge in [-0.3, -0.25) is 4.84 Å². The van der Waals surface area contributed by atoms with Gasteiger partial charge in [-0.15, -0.1) is 0 Å². The third-order valence-corrected chi connectivity index (χ3v) is 1.49. The Bertz CT molecular complexity index is 384. The minimum atomic E-state index is 0.451. The highest BCUT2D eigenvalue weighted by Gasteiger charge is 1.98. The third-order valence-electron chi connectivity index (χ3n) is 1.49. The van der Waals surface area contributed by atoms with Gasteiger partial charge < -0.3 is 4.98 Å². The zero-order valence-corrected chi connectivity index (χ0v) is 6.53. The normalized spacial score (nSPS) is 10.4. The molecule has 2 heterocycles. The molecule has 0 unspecified atom stereocenters. The molecule has 0 radical (unpaired) electrons. The van der Waals surface area contributed by atoms with Crippen molar-refractivity contribution in [1.29, 1.82) is 0 Å². The highest BCUT2D eigenvalue weighted by atomic mass is 16.6. The molecule has 2 aromatic heterocycles. The lowest BCUT2D eigenvalue weighted by molar-refractivity contribution is 0.267. The maximum absolute atomic E-state index is 4.66. The number of hydrogen-bond donors (Lipinski definition) is 2. The molecule has 0 aliphatic heterocycles. The number of nitrogens with zero attached hydrogens (tertiary/aromatic N) is 2. The Morgan fingerprint density at radius 3 is 3.33 bits per heavy atom. The summed E-state index contributed by atoms with van der Waals surface area (Å²) in [7, 11) is 1.52. The monoisotopic (exact) mass is 164 g/mol. The molecule has 12 heavy (non-hydrogen) atoms. The summed E-state index contributed by atoms with van der Waals surface area (Å²) < 4.78 is 0. The van der Waals surface area contributed by atoms with Crippen LogP contribution in [0.2, 0.25) is 0 Å². The van der Waals surface area contributed by atoms with E-state index in [1.807, 2.05) is 12.3 Å². The van der Waals surface area contributed by atoms with Gasteiger partial charge in [0.25, 0.3) is 0 Å². The molecule has 0 fully saturated rings. The van der Waals surface area contributed by atoms with Gasteiger partial charge >= 0.3 is 0 Å². The average Bonchev–Trinajstić information content (AvgIpc) is 2.51. The van der Waals surface area contributed by atoms with Crippen LogP contribution in [0.4, 0.5) is 5.95 Å². The van der Waals surface area contributed by atoms with E-state index in [0.29, 0.717) is 5.95 Å². The summed E-state index contributed by atoms with van der Waals surface area (Å²) in [4.78, 5) is 15.8. The second-order valence-electron chi connectivity index (χ2n) is 2.28. The number of anilines is 1. The lowest BCUT2D eigenvalue weighted by Gasteiger charge is -1.98. The molecule has 0 aliphatic carbocycles. The topological polar surface area (TPSA) is 62.8 Å². The summed E-state index contributed by atoms with van der Waals surface area (Å²) in [5, 5.41) is 0.983. The molecule has 2 aromatic rings. The van der Waals surface area contributed by atoms with Gasteiger partial charge in [-0.1, -0.05) is 0 Å². The first-order valence-corrected chi connectivity index (χ1v) is 3.49. The molecule has 0 bridgehead atoms. The van der Waals surface area contributed by atoms with Crippen molar-refractivity contribution in [3.05, 3.63) is 18.5 Å². The molecule has 0 spiro atoms. The van der Waals surface area contributed by atoms with Gasteiger partial charge in [0.1, 0.15) is 5.65 Å². The molecule has 2 rings (SSSR count). The zero-order valence-electron chi connectivity index (χ0n) is 6.53. The number of aromatic nitrogens is 3. The van der Waals surface area contributed by atoms with Crippen LogP contribution in [0, 0.1) is 0 Å². The molecule has 5 nitrogen and oxygen atoms in total. The van der Waals surface area contributed by atoms with Crippen LogP contribution in [0.15, 0.2) is 18.5 Å². The van der Waals surface area contributed by atoms with Gasteiger partial charge in [0.15, 0.2) is 0 Å². The fraction of sp³-hybridized carbons (Fsp3) is 0.143. The van der Waals surface area contributed by atoms with E-state index in [4.69, 9.17) is 0 Å². The SMILES string of the molecule is CONc1ncc2cc[nH]c2n1. The number of H-pyrrole nitrogens is 1. The molecular weight excluding hydrogens is 156 g/mol. The Labute approximate surface area is 68.7 Å². The average molecular weight is 164 g/mol. The minimum Gasteiger partial charge on any atom is -0.346 e. The maximum Gasteiger partial charge on any atom is 0.249 e. The molecule has 0 aromatic carbocycles. The van der Waals surface area contributed by atoms with E-state index in [1.54, 1.807) is 6.20 Å². The number of rotatable bonds is 2. The lowest BCUT2D eigenvalue weighted by Crippen LogP contribution is -2.00. The van der Waals surface area contributed by atoms with Crippen molar-refractivity contribution in [1.82, 2.24) is 15.0 Å². The first-order valence-electron chi connectivity index (χ1n) is 3.49. The molecule has 0 atom stereocenters. The molecular formula is C7H8N4O. The molecule has 0 saturated heterocycles. The number of aromatic amines is 1. The molecule has 0 amide bonds. The Morgan fingerprint density at radius 1 is 1.58 bits per heavy atom. The van der Waals surface area contributed by atoms with Crippen LogP contribution < -0.4 is 5.48 Å². The van der Waals surface area contributed by atoms with E-state index in [9.17, 15) is 0 Å². The lowest BCUT2D eigenvalue weighted by atomic mass is 10.4. The van der Waals surface area contributed by atoms with Crippen molar-refractivity contribution >= 4 is 17.0 Å².